The highest BCUT2D eigenvalue weighted by Crippen LogP contribution is 2.32. The van der Waals surface area contributed by atoms with E-state index in [4.69, 9.17) is 9.47 Å². The lowest BCUT2D eigenvalue weighted by molar-refractivity contribution is 0.171. The molecule has 32 heavy (non-hydrogen) atoms. The van der Waals surface area contributed by atoms with Crippen LogP contribution in [0.2, 0.25) is 0 Å². The highest BCUT2D eigenvalue weighted by Gasteiger charge is 2.13. The lowest BCUT2D eigenvalue weighted by Crippen LogP contribution is -2.20. The zero-order valence-corrected chi connectivity index (χ0v) is 16.9. The molecule has 5 rings (SSSR count). The number of rotatable bonds is 5. The fraction of sp³-hybridized carbons (Fsp3) is 0.0909. The SMILES string of the molecule is O=C(Nc1ccc(Nc2cc(-n3cccn3)ncn2)cc1)Nc1ccc2c(c1)OCCO2. The number of carbonyl (C=O) groups excluding carboxylic acids is 1. The quantitative estimate of drug-likeness (QED) is 0.442. The molecule has 0 saturated carbocycles. The van der Waals surface area contributed by atoms with Crippen molar-refractivity contribution in [3.8, 4) is 17.3 Å². The molecule has 0 aliphatic carbocycles. The Bertz CT molecular complexity index is 1230. The first-order chi connectivity index (χ1) is 15.7. The predicted octanol–water partition coefficient (Wildman–Crippen LogP) is 3.82. The monoisotopic (exact) mass is 429 g/mol. The van der Waals surface area contributed by atoms with Gasteiger partial charge in [0, 0.05) is 41.6 Å². The Labute approximate surface area is 183 Å². The van der Waals surface area contributed by atoms with Crippen molar-refractivity contribution in [1.82, 2.24) is 19.7 Å². The summed E-state index contributed by atoms with van der Waals surface area (Å²) in [6.07, 6.45) is 4.96. The molecule has 0 fully saturated rings. The van der Waals surface area contributed by atoms with Crippen LogP contribution in [0.5, 0.6) is 11.5 Å². The normalized spacial score (nSPS) is 12.1. The highest BCUT2D eigenvalue weighted by molar-refractivity contribution is 6.00. The van der Waals surface area contributed by atoms with Crippen LogP contribution in [0.1, 0.15) is 0 Å². The number of hydrogen-bond acceptors (Lipinski definition) is 7. The summed E-state index contributed by atoms with van der Waals surface area (Å²) in [5.41, 5.74) is 2.07. The molecule has 0 unspecified atom stereocenters. The minimum absolute atomic E-state index is 0.359. The number of amides is 2. The van der Waals surface area contributed by atoms with Crippen molar-refractivity contribution in [2.24, 2.45) is 0 Å². The van der Waals surface area contributed by atoms with E-state index in [2.05, 4.69) is 31.0 Å². The van der Waals surface area contributed by atoms with Gasteiger partial charge in [0.2, 0.25) is 0 Å². The second kappa shape index (κ2) is 8.64. The van der Waals surface area contributed by atoms with E-state index in [1.165, 1.54) is 6.33 Å². The molecule has 160 valence electrons. The van der Waals surface area contributed by atoms with E-state index in [1.54, 1.807) is 47.3 Å². The summed E-state index contributed by atoms with van der Waals surface area (Å²) < 4.78 is 12.7. The van der Waals surface area contributed by atoms with E-state index in [0.29, 0.717) is 47.7 Å². The van der Waals surface area contributed by atoms with E-state index in [0.717, 1.165) is 5.69 Å². The average Bonchev–Trinajstić information content (AvgIpc) is 3.36. The summed E-state index contributed by atoms with van der Waals surface area (Å²) in [7, 11) is 0. The Kier molecular flexibility index (Phi) is 5.23. The van der Waals surface area contributed by atoms with Crippen molar-refractivity contribution in [1.29, 1.82) is 0 Å². The molecule has 10 nitrogen and oxygen atoms in total. The first-order valence-corrected chi connectivity index (χ1v) is 9.90. The third-order valence-corrected chi connectivity index (χ3v) is 4.61. The molecule has 1 aliphatic rings. The molecule has 0 spiro atoms. The fourth-order valence-electron chi connectivity index (χ4n) is 3.14. The van der Waals surface area contributed by atoms with E-state index in [1.807, 2.05) is 24.4 Å². The Morgan fingerprint density at radius 3 is 2.44 bits per heavy atom. The van der Waals surface area contributed by atoms with Crippen molar-refractivity contribution >= 4 is 28.9 Å². The van der Waals surface area contributed by atoms with Gasteiger partial charge in [-0.05, 0) is 42.5 Å². The van der Waals surface area contributed by atoms with Crippen LogP contribution >= 0.6 is 0 Å². The lowest BCUT2D eigenvalue weighted by atomic mass is 10.2. The Morgan fingerprint density at radius 2 is 1.62 bits per heavy atom. The van der Waals surface area contributed by atoms with Crippen LogP contribution in [0.25, 0.3) is 5.82 Å². The van der Waals surface area contributed by atoms with Gasteiger partial charge < -0.3 is 25.4 Å². The van der Waals surface area contributed by atoms with Gasteiger partial charge >= 0.3 is 6.03 Å². The van der Waals surface area contributed by atoms with Crippen molar-refractivity contribution in [3.63, 3.8) is 0 Å². The van der Waals surface area contributed by atoms with Crippen molar-refractivity contribution in [2.75, 3.05) is 29.2 Å². The number of carbonyl (C=O) groups is 1. The summed E-state index contributed by atoms with van der Waals surface area (Å²) in [6, 6.07) is 15.8. The molecule has 10 heteroatoms. The van der Waals surface area contributed by atoms with Gasteiger partial charge in [-0.3, -0.25) is 0 Å². The highest BCUT2D eigenvalue weighted by atomic mass is 16.6. The second-order valence-electron chi connectivity index (χ2n) is 6.85. The number of benzene rings is 2. The molecule has 4 aromatic rings. The number of fused-ring (bicyclic) bond motifs is 1. The number of urea groups is 1. The van der Waals surface area contributed by atoms with Gasteiger partial charge in [0.15, 0.2) is 17.3 Å². The molecular formula is C22H19N7O3. The van der Waals surface area contributed by atoms with Crippen LogP contribution < -0.4 is 25.4 Å². The average molecular weight is 429 g/mol. The summed E-state index contributed by atoms with van der Waals surface area (Å²) in [6.45, 7) is 1.01. The van der Waals surface area contributed by atoms with Gasteiger partial charge in [0.1, 0.15) is 25.4 Å². The van der Waals surface area contributed by atoms with Crippen molar-refractivity contribution < 1.29 is 14.3 Å². The Morgan fingerprint density at radius 1 is 0.875 bits per heavy atom. The zero-order valence-electron chi connectivity index (χ0n) is 16.9. The standard InChI is InChI=1S/C22H19N7O3/c30-22(28-17-6-7-18-19(12-17)32-11-10-31-18)27-16-4-2-15(3-5-16)26-20-13-21(24-14-23-20)29-9-1-8-25-29/h1-9,12-14H,10-11H2,(H,23,24,26)(H2,27,28,30). The number of hydrogen-bond donors (Lipinski definition) is 3. The van der Waals surface area contributed by atoms with Crippen LogP contribution in [-0.4, -0.2) is 39.0 Å². The first kappa shape index (κ1) is 19.4. The van der Waals surface area contributed by atoms with Gasteiger partial charge in [0.25, 0.3) is 0 Å². The minimum Gasteiger partial charge on any atom is -0.486 e. The number of anilines is 4. The van der Waals surface area contributed by atoms with E-state index in [9.17, 15) is 4.79 Å². The van der Waals surface area contributed by atoms with Gasteiger partial charge in [0.05, 0.1) is 0 Å². The predicted molar refractivity (Wildman–Crippen MR) is 119 cm³/mol. The van der Waals surface area contributed by atoms with Crippen molar-refractivity contribution in [3.05, 3.63) is 73.3 Å². The molecule has 0 saturated heterocycles. The molecule has 0 bridgehead atoms. The van der Waals surface area contributed by atoms with Crippen LogP contribution in [0.3, 0.4) is 0 Å². The smallest absolute Gasteiger partial charge is 0.323 e. The van der Waals surface area contributed by atoms with E-state index >= 15 is 0 Å². The summed E-state index contributed by atoms with van der Waals surface area (Å²) in [5, 5.41) is 13.0. The summed E-state index contributed by atoms with van der Waals surface area (Å²) >= 11 is 0. The second-order valence-corrected chi connectivity index (χ2v) is 6.85. The molecule has 0 atom stereocenters. The maximum Gasteiger partial charge on any atom is 0.323 e. The number of nitrogens with one attached hydrogen (secondary N) is 3. The number of aromatic nitrogens is 4. The van der Waals surface area contributed by atoms with Crippen LogP contribution in [0, 0.1) is 0 Å². The first-order valence-electron chi connectivity index (χ1n) is 9.90. The number of ether oxygens (including phenoxy) is 2. The van der Waals surface area contributed by atoms with E-state index in [-0.39, 0.29) is 6.03 Å². The molecule has 3 N–H and O–H groups in total. The Balaban J connectivity index is 1.20. The Hall–Kier alpha value is -4.60. The van der Waals surface area contributed by atoms with Crippen LogP contribution in [0.15, 0.2) is 73.3 Å². The van der Waals surface area contributed by atoms with E-state index < -0.39 is 0 Å². The fourth-order valence-corrected chi connectivity index (χ4v) is 3.14. The van der Waals surface area contributed by atoms with Gasteiger partial charge in [-0.15, -0.1) is 0 Å². The molecule has 1 aliphatic heterocycles. The molecule has 0 radical (unpaired) electrons. The maximum atomic E-state index is 12.3. The van der Waals surface area contributed by atoms with Gasteiger partial charge in [-0.2, -0.15) is 5.10 Å². The maximum absolute atomic E-state index is 12.3. The molecule has 3 heterocycles. The minimum atomic E-state index is -0.359. The zero-order chi connectivity index (χ0) is 21.8. The third kappa shape index (κ3) is 4.43. The van der Waals surface area contributed by atoms with Crippen LogP contribution in [-0.2, 0) is 0 Å². The molecule has 2 amide bonds. The molecular weight excluding hydrogens is 410 g/mol. The number of nitrogens with zero attached hydrogens (tertiary/aromatic N) is 4. The topological polar surface area (TPSA) is 115 Å². The van der Waals surface area contributed by atoms with Crippen LogP contribution in [0.4, 0.5) is 27.7 Å². The third-order valence-electron chi connectivity index (χ3n) is 4.61. The summed E-state index contributed by atoms with van der Waals surface area (Å²) in [5.74, 6) is 2.57. The van der Waals surface area contributed by atoms with Crippen molar-refractivity contribution in [2.45, 2.75) is 0 Å². The molecule has 2 aromatic heterocycles. The van der Waals surface area contributed by atoms with Gasteiger partial charge in [-0.25, -0.2) is 19.4 Å². The summed E-state index contributed by atoms with van der Waals surface area (Å²) in [4.78, 5) is 20.8. The van der Waals surface area contributed by atoms with Gasteiger partial charge in [-0.1, -0.05) is 0 Å². The lowest BCUT2D eigenvalue weighted by Gasteiger charge is -2.19. The molecule has 2 aromatic carbocycles. The largest absolute Gasteiger partial charge is 0.486 e.